The van der Waals surface area contributed by atoms with Crippen LogP contribution in [-0.2, 0) is 29.1 Å². The minimum atomic E-state index is -0.215. The van der Waals surface area contributed by atoms with Crippen molar-refractivity contribution in [1.82, 2.24) is 9.55 Å². The molecule has 0 aliphatic carbocycles. The monoisotopic (exact) mass is 539 g/mol. The summed E-state index contributed by atoms with van der Waals surface area (Å²) in [7, 11) is 0. The highest BCUT2D eigenvalue weighted by Crippen LogP contribution is 2.36. The highest BCUT2D eigenvalue weighted by Gasteiger charge is 2.28. The van der Waals surface area contributed by atoms with Crippen LogP contribution in [-0.4, -0.2) is 27.3 Å². The Morgan fingerprint density at radius 2 is 1.97 bits per heavy atom. The number of carbonyl (C=O) groups is 1. The number of para-hydroxylation sites is 1. The Kier molecular flexibility index (Phi) is 7.48. The zero-order chi connectivity index (χ0) is 25.2. The van der Waals surface area contributed by atoms with Gasteiger partial charge in [-0.1, -0.05) is 79.7 Å². The second-order valence-electron chi connectivity index (χ2n) is 9.07. The summed E-state index contributed by atoms with van der Waals surface area (Å²) in [5, 5.41) is 4.51. The van der Waals surface area contributed by atoms with Gasteiger partial charge in [-0.25, -0.2) is 4.98 Å². The molecule has 2 aromatic heterocycles. The lowest BCUT2D eigenvalue weighted by atomic mass is 9.96. The van der Waals surface area contributed by atoms with E-state index in [-0.39, 0.29) is 23.3 Å². The standard InChI is InChI=1S/C27H26ClN3O3S2/c1-16(2)21-12-18-22(14-34-21)36-25-24(18)26(33)31(13-17-8-4-3-5-9-17)27(30-25)35-15-23(32)29-20-11-7-6-10-19(20)28/h3-11,16,21H,12-15H2,1-2H3,(H,29,32)/t21-/m0/s1. The van der Waals surface area contributed by atoms with E-state index >= 15 is 0 Å². The predicted molar refractivity (Wildman–Crippen MR) is 147 cm³/mol. The topological polar surface area (TPSA) is 73.2 Å². The van der Waals surface area contributed by atoms with E-state index in [1.165, 1.54) is 23.1 Å². The average Bonchev–Trinajstić information content (AvgIpc) is 3.24. The van der Waals surface area contributed by atoms with Crippen molar-refractivity contribution in [1.29, 1.82) is 0 Å². The van der Waals surface area contributed by atoms with E-state index in [9.17, 15) is 9.59 Å². The molecule has 0 bridgehead atoms. The maximum absolute atomic E-state index is 13.9. The van der Waals surface area contributed by atoms with Crippen molar-refractivity contribution < 1.29 is 9.53 Å². The summed E-state index contributed by atoms with van der Waals surface area (Å²) in [4.78, 5) is 33.3. The van der Waals surface area contributed by atoms with Crippen molar-refractivity contribution in [3.63, 3.8) is 0 Å². The highest BCUT2D eigenvalue weighted by atomic mass is 35.5. The van der Waals surface area contributed by atoms with Crippen LogP contribution in [0.1, 0.15) is 29.9 Å². The first-order chi connectivity index (χ1) is 17.4. The molecule has 36 heavy (non-hydrogen) atoms. The Balaban J connectivity index is 1.49. The van der Waals surface area contributed by atoms with Crippen LogP contribution in [0.15, 0.2) is 64.5 Å². The number of benzene rings is 2. The quantitative estimate of drug-likeness (QED) is 0.231. The normalized spacial score (nSPS) is 15.3. The van der Waals surface area contributed by atoms with Crippen molar-refractivity contribution in [3.8, 4) is 0 Å². The van der Waals surface area contributed by atoms with Crippen LogP contribution in [0, 0.1) is 5.92 Å². The Morgan fingerprint density at radius 3 is 2.72 bits per heavy atom. The molecule has 0 saturated carbocycles. The molecule has 6 nitrogen and oxygen atoms in total. The molecule has 0 radical (unpaired) electrons. The molecule has 1 aliphatic heterocycles. The summed E-state index contributed by atoms with van der Waals surface area (Å²) in [5.74, 6) is 0.244. The molecule has 0 saturated heterocycles. The molecule has 2 aromatic carbocycles. The fourth-order valence-electron chi connectivity index (χ4n) is 4.26. The van der Waals surface area contributed by atoms with E-state index < -0.39 is 0 Å². The molecule has 1 amide bonds. The van der Waals surface area contributed by atoms with Gasteiger partial charge in [-0.05, 0) is 29.2 Å². The Morgan fingerprint density at radius 1 is 1.22 bits per heavy atom. The third-order valence-electron chi connectivity index (χ3n) is 6.20. The van der Waals surface area contributed by atoms with E-state index in [0.29, 0.717) is 51.6 Å². The Hall–Kier alpha value is -2.65. The number of thioether (sulfide) groups is 1. The number of anilines is 1. The minimum absolute atomic E-state index is 0.0697. The summed E-state index contributed by atoms with van der Waals surface area (Å²) in [5.41, 5.74) is 2.54. The largest absolute Gasteiger partial charge is 0.372 e. The van der Waals surface area contributed by atoms with Crippen molar-refractivity contribution in [2.45, 2.75) is 44.7 Å². The first kappa shape index (κ1) is 25.0. The number of amides is 1. The third-order valence-corrected chi connectivity index (χ3v) is 8.61. The van der Waals surface area contributed by atoms with Gasteiger partial charge in [0.1, 0.15) is 4.83 Å². The van der Waals surface area contributed by atoms with Gasteiger partial charge >= 0.3 is 0 Å². The van der Waals surface area contributed by atoms with Gasteiger partial charge in [0.2, 0.25) is 5.91 Å². The van der Waals surface area contributed by atoms with Crippen molar-refractivity contribution in [2.24, 2.45) is 5.92 Å². The number of nitrogens with one attached hydrogen (secondary N) is 1. The van der Waals surface area contributed by atoms with Crippen LogP contribution in [0.5, 0.6) is 0 Å². The fraction of sp³-hybridized carbons (Fsp3) is 0.296. The number of carbonyl (C=O) groups excluding carboxylic acids is 1. The molecule has 4 aromatic rings. The summed E-state index contributed by atoms with van der Waals surface area (Å²) in [6.45, 7) is 5.16. The Bertz CT molecular complexity index is 1470. The second-order valence-corrected chi connectivity index (χ2v) is 11.5. The molecule has 9 heteroatoms. The molecule has 1 atom stereocenters. The number of aromatic nitrogens is 2. The summed E-state index contributed by atoms with van der Waals surface area (Å²) in [6.07, 6.45) is 0.793. The first-order valence-electron chi connectivity index (χ1n) is 11.8. The Labute approximate surface area is 222 Å². The zero-order valence-corrected chi connectivity index (χ0v) is 22.4. The van der Waals surface area contributed by atoms with E-state index in [0.717, 1.165) is 16.0 Å². The van der Waals surface area contributed by atoms with Gasteiger partial charge in [0, 0.05) is 11.3 Å². The van der Waals surface area contributed by atoms with Crippen LogP contribution in [0.4, 0.5) is 5.69 Å². The molecule has 0 fully saturated rings. The van der Waals surface area contributed by atoms with Gasteiger partial charge in [-0.3, -0.25) is 14.2 Å². The predicted octanol–water partition coefficient (Wildman–Crippen LogP) is 5.99. The number of nitrogens with zero attached hydrogens (tertiary/aromatic N) is 2. The van der Waals surface area contributed by atoms with E-state index in [4.69, 9.17) is 21.3 Å². The molecule has 1 N–H and O–H groups in total. The lowest BCUT2D eigenvalue weighted by Gasteiger charge is -2.26. The highest BCUT2D eigenvalue weighted by molar-refractivity contribution is 7.99. The number of hydrogen-bond donors (Lipinski definition) is 1. The van der Waals surface area contributed by atoms with Crippen LogP contribution in [0.2, 0.25) is 5.02 Å². The molecule has 3 heterocycles. The maximum atomic E-state index is 13.9. The number of ether oxygens (including phenoxy) is 1. The summed E-state index contributed by atoms with van der Waals surface area (Å²) >= 11 is 8.95. The van der Waals surface area contributed by atoms with E-state index in [2.05, 4.69) is 19.2 Å². The average molecular weight is 540 g/mol. The van der Waals surface area contributed by atoms with Crippen LogP contribution >= 0.6 is 34.7 Å². The second kappa shape index (κ2) is 10.8. The fourth-order valence-corrected chi connectivity index (χ4v) is 6.41. The lowest BCUT2D eigenvalue weighted by molar-refractivity contribution is -0.113. The summed E-state index contributed by atoms with van der Waals surface area (Å²) in [6, 6.07) is 16.9. The molecule has 0 spiro atoms. The van der Waals surface area contributed by atoms with E-state index in [1.54, 1.807) is 16.7 Å². The number of thiophene rings is 1. The lowest BCUT2D eigenvalue weighted by Crippen LogP contribution is -2.29. The summed E-state index contributed by atoms with van der Waals surface area (Å²) < 4.78 is 7.73. The van der Waals surface area contributed by atoms with Gasteiger partial charge in [-0.15, -0.1) is 11.3 Å². The van der Waals surface area contributed by atoms with Crippen LogP contribution < -0.4 is 10.9 Å². The van der Waals surface area contributed by atoms with Crippen LogP contribution in [0.25, 0.3) is 10.2 Å². The smallest absolute Gasteiger partial charge is 0.263 e. The van der Waals surface area contributed by atoms with E-state index in [1.807, 2.05) is 42.5 Å². The van der Waals surface area contributed by atoms with Crippen LogP contribution in [0.3, 0.4) is 0 Å². The van der Waals surface area contributed by atoms with Crippen molar-refractivity contribution in [3.05, 3.63) is 86.0 Å². The van der Waals surface area contributed by atoms with Gasteiger partial charge in [-0.2, -0.15) is 0 Å². The molecular weight excluding hydrogens is 514 g/mol. The molecule has 0 unspecified atom stereocenters. The number of hydrogen-bond acceptors (Lipinski definition) is 6. The van der Waals surface area contributed by atoms with Gasteiger partial charge in [0.15, 0.2) is 5.16 Å². The first-order valence-corrected chi connectivity index (χ1v) is 14.0. The number of rotatable bonds is 7. The SMILES string of the molecule is CC(C)[C@@H]1Cc2c(sc3nc(SCC(=O)Nc4ccccc4Cl)n(Cc4ccccc4)c(=O)c23)CO1. The third kappa shape index (κ3) is 5.22. The van der Waals surface area contributed by atoms with Gasteiger partial charge < -0.3 is 10.1 Å². The van der Waals surface area contributed by atoms with Crippen molar-refractivity contribution >= 4 is 56.5 Å². The number of fused-ring (bicyclic) bond motifs is 3. The van der Waals surface area contributed by atoms with Gasteiger partial charge in [0.25, 0.3) is 5.56 Å². The number of halogens is 1. The van der Waals surface area contributed by atoms with Crippen molar-refractivity contribution in [2.75, 3.05) is 11.1 Å². The molecule has 186 valence electrons. The molecule has 1 aliphatic rings. The molecular formula is C27H26ClN3O3S2. The molecule has 5 rings (SSSR count). The zero-order valence-electron chi connectivity index (χ0n) is 20.0. The van der Waals surface area contributed by atoms with Gasteiger partial charge in [0.05, 0.1) is 41.1 Å². The maximum Gasteiger partial charge on any atom is 0.263 e. The minimum Gasteiger partial charge on any atom is -0.372 e.